The number of carbonyl (C=O) groups is 1. The lowest BCUT2D eigenvalue weighted by Gasteiger charge is -2.34. The zero-order chi connectivity index (χ0) is 13.9. The van der Waals surface area contributed by atoms with Crippen LogP contribution < -0.4 is 5.73 Å². The Balaban J connectivity index is 2.34. The van der Waals surface area contributed by atoms with Crippen LogP contribution in [0.2, 0.25) is 5.02 Å². The van der Waals surface area contributed by atoms with Crippen molar-refractivity contribution in [1.29, 1.82) is 0 Å². The summed E-state index contributed by atoms with van der Waals surface area (Å²) in [6.45, 7) is 3.18. The molecular weight excluding hydrogens is 262 g/mol. The molecule has 1 aromatic heterocycles. The van der Waals surface area contributed by atoms with Crippen LogP contribution in [0, 0.1) is 5.41 Å². The van der Waals surface area contributed by atoms with Gasteiger partial charge in [-0.2, -0.15) is 5.10 Å². The van der Waals surface area contributed by atoms with Gasteiger partial charge in [0.05, 0.1) is 11.2 Å². The number of ketones is 1. The minimum absolute atomic E-state index is 0.0886. The van der Waals surface area contributed by atoms with Gasteiger partial charge in [-0.3, -0.25) is 9.48 Å². The highest BCUT2D eigenvalue weighted by Gasteiger charge is 2.40. The molecule has 0 aromatic carbocycles. The first kappa shape index (κ1) is 14.5. The molecule has 4 nitrogen and oxygen atoms in total. The SMILES string of the molecule is CCCn1ncc(Cl)c1C(=O)C1(CN)CCCCC1. The van der Waals surface area contributed by atoms with E-state index in [-0.39, 0.29) is 5.78 Å². The van der Waals surface area contributed by atoms with Gasteiger partial charge in [-0.15, -0.1) is 0 Å². The van der Waals surface area contributed by atoms with Crippen LogP contribution in [0.15, 0.2) is 6.20 Å². The molecule has 0 saturated heterocycles. The lowest BCUT2D eigenvalue weighted by molar-refractivity contribution is 0.0717. The maximum atomic E-state index is 12.9. The molecule has 0 radical (unpaired) electrons. The van der Waals surface area contributed by atoms with Crippen LogP contribution >= 0.6 is 11.6 Å². The molecule has 0 bridgehead atoms. The van der Waals surface area contributed by atoms with Crippen LogP contribution in [-0.2, 0) is 6.54 Å². The van der Waals surface area contributed by atoms with Crippen LogP contribution in [0.1, 0.15) is 55.9 Å². The van der Waals surface area contributed by atoms with Gasteiger partial charge in [0, 0.05) is 18.5 Å². The summed E-state index contributed by atoms with van der Waals surface area (Å²) in [7, 11) is 0. The van der Waals surface area contributed by atoms with Crippen LogP contribution in [0.5, 0.6) is 0 Å². The molecule has 0 atom stereocenters. The summed E-state index contributed by atoms with van der Waals surface area (Å²) >= 11 is 6.17. The average Bonchev–Trinajstić information content (AvgIpc) is 2.80. The van der Waals surface area contributed by atoms with Gasteiger partial charge in [0.1, 0.15) is 5.69 Å². The Morgan fingerprint density at radius 1 is 1.47 bits per heavy atom. The van der Waals surface area contributed by atoms with E-state index in [1.165, 1.54) is 6.42 Å². The van der Waals surface area contributed by atoms with Crippen LogP contribution in [0.25, 0.3) is 0 Å². The number of rotatable bonds is 5. The summed E-state index contributed by atoms with van der Waals surface area (Å²) in [5.74, 6) is 0.0886. The number of Topliss-reactive ketones (excluding diaryl/α,β-unsaturated/α-hetero) is 1. The first-order chi connectivity index (χ1) is 9.14. The Kier molecular flexibility index (Phi) is 4.63. The lowest BCUT2D eigenvalue weighted by atomic mass is 9.70. The molecule has 1 saturated carbocycles. The minimum Gasteiger partial charge on any atom is -0.329 e. The van der Waals surface area contributed by atoms with E-state index in [2.05, 4.69) is 12.0 Å². The monoisotopic (exact) mass is 283 g/mol. The van der Waals surface area contributed by atoms with E-state index in [1.807, 2.05) is 0 Å². The molecular formula is C14H22ClN3O. The number of halogens is 1. The fourth-order valence-corrected chi connectivity index (χ4v) is 3.20. The molecule has 0 spiro atoms. The molecule has 2 rings (SSSR count). The Labute approximate surface area is 119 Å². The molecule has 106 valence electrons. The minimum atomic E-state index is -0.423. The Morgan fingerprint density at radius 2 is 2.16 bits per heavy atom. The molecule has 1 aliphatic rings. The van der Waals surface area contributed by atoms with Gasteiger partial charge >= 0.3 is 0 Å². The number of aryl methyl sites for hydroxylation is 1. The quantitative estimate of drug-likeness (QED) is 0.845. The third-order valence-electron chi connectivity index (χ3n) is 4.13. The summed E-state index contributed by atoms with van der Waals surface area (Å²) in [5, 5.41) is 4.67. The highest BCUT2D eigenvalue weighted by atomic mass is 35.5. The number of carbonyl (C=O) groups excluding carboxylic acids is 1. The second-order valence-corrected chi connectivity index (χ2v) is 5.85. The molecule has 1 aliphatic carbocycles. The van der Waals surface area contributed by atoms with Gasteiger partial charge in [-0.25, -0.2) is 0 Å². The van der Waals surface area contributed by atoms with Crippen molar-refractivity contribution < 1.29 is 4.79 Å². The summed E-state index contributed by atoms with van der Waals surface area (Å²) in [5.41, 5.74) is 6.05. The maximum Gasteiger partial charge on any atom is 0.189 e. The molecule has 2 N–H and O–H groups in total. The van der Waals surface area contributed by atoms with Crippen molar-refractivity contribution in [1.82, 2.24) is 9.78 Å². The third kappa shape index (κ3) is 2.70. The Bertz CT molecular complexity index is 450. The lowest BCUT2D eigenvalue weighted by Crippen LogP contribution is -2.41. The largest absolute Gasteiger partial charge is 0.329 e. The predicted octanol–water partition coefficient (Wildman–Crippen LogP) is 3.04. The number of aromatic nitrogens is 2. The second-order valence-electron chi connectivity index (χ2n) is 5.44. The summed E-state index contributed by atoms with van der Waals surface area (Å²) in [4.78, 5) is 12.9. The predicted molar refractivity (Wildman–Crippen MR) is 76.4 cm³/mol. The normalized spacial score (nSPS) is 18.5. The zero-order valence-electron chi connectivity index (χ0n) is 11.5. The van der Waals surface area contributed by atoms with E-state index in [1.54, 1.807) is 10.9 Å². The number of hydrogen-bond acceptors (Lipinski definition) is 3. The van der Waals surface area contributed by atoms with E-state index in [0.717, 1.165) is 32.1 Å². The third-order valence-corrected chi connectivity index (χ3v) is 4.40. The van der Waals surface area contributed by atoms with Crippen LogP contribution in [0.3, 0.4) is 0 Å². The molecule has 1 fully saturated rings. The second kappa shape index (κ2) is 6.06. The van der Waals surface area contributed by atoms with Crippen molar-refractivity contribution in [3.8, 4) is 0 Å². The van der Waals surface area contributed by atoms with Crippen LogP contribution in [-0.4, -0.2) is 22.1 Å². The molecule has 5 heteroatoms. The number of hydrogen-bond donors (Lipinski definition) is 1. The van der Waals surface area contributed by atoms with Crippen molar-refractivity contribution in [2.45, 2.75) is 52.0 Å². The van der Waals surface area contributed by atoms with E-state index in [9.17, 15) is 4.79 Å². The smallest absolute Gasteiger partial charge is 0.189 e. The molecule has 1 heterocycles. The number of nitrogens with zero attached hydrogens (tertiary/aromatic N) is 2. The maximum absolute atomic E-state index is 12.9. The molecule has 1 aromatic rings. The Hall–Kier alpha value is -0.870. The zero-order valence-corrected chi connectivity index (χ0v) is 12.2. The average molecular weight is 284 g/mol. The van der Waals surface area contributed by atoms with E-state index in [4.69, 9.17) is 17.3 Å². The summed E-state index contributed by atoms with van der Waals surface area (Å²) in [6, 6.07) is 0. The standard InChI is InChI=1S/C14H22ClN3O/c1-2-8-18-12(11(15)9-17-18)13(19)14(10-16)6-4-3-5-7-14/h9H,2-8,10,16H2,1H3. The highest BCUT2D eigenvalue weighted by molar-refractivity contribution is 6.33. The summed E-state index contributed by atoms with van der Waals surface area (Å²) in [6.07, 6.45) is 7.57. The van der Waals surface area contributed by atoms with Gasteiger partial charge in [0.15, 0.2) is 5.78 Å². The first-order valence-corrected chi connectivity index (χ1v) is 7.48. The number of nitrogens with two attached hydrogens (primary N) is 1. The van der Waals surface area contributed by atoms with Gasteiger partial charge < -0.3 is 5.73 Å². The van der Waals surface area contributed by atoms with Crippen LogP contribution in [0.4, 0.5) is 0 Å². The van der Waals surface area contributed by atoms with E-state index in [0.29, 0.717) is 23.8 Å². The van der Waals surface area contributed by atoms with Crippen molar-refractivity contribution in [2.24, 2.45) is 11.1 Å². The molecule has 0 aliphatic heterocycles. The topological polar surface area (TPSA) is 60.9 Å². The molecule has 0 amide bonds. The Morgan fingerprint density at radius 3 is 2.74 bits per heavy atom. The van der Waals surface area contributed by atoms with Gasteiger partial charge in [0.2, 0.25) is 0 Å². The van der Waals surface area contributed by atoms with Crippen molar-refractivity contribution in [3.05, 3.63) is 16.9 Å². The van der Waals surface area contributed by atoms with Gasteiger partial charge in [-0.05, 0) is 19.3 Å². The van der Waals surface area contributed by atoms with E-state index >= 15 is 0 Å². The fourth-order valence-electron chi connectivity index (χ4n) is 2.97. The van der Waals surface area contributed by atoms with Crippen molar-refractivity contribution in [3.63, 3.8) is 0 Å². The van der Waals surface area contributed by atoms with Gasteiger partial charge in [0.25, 0.3) is 0 Å². The van der Waals surface area contributed by atoms with Gasteiger partial charge in [-0.1, -0.05) is 37.8 Å². The highest BCUT2D eigenvalue weighted by Crippen LogP contribution is 2.39. The first-order valence-electron chi connectivity index (χ1n) is 7.11. The fraction of sp³-hybridized carbons (Fsp3) is 0.714. The van der Waals surface area contributed by atoms with Crippen molar-refractivity contribution >= 4 is 17.4 Å². The van der Waals surface area contributed by atoms with E-state index < -0.39 is 5.41 Å². The molecule has 19 heavy (non-hydrogen) atoms. The molecule has 0 unspecified atom stereocenters. The van der Waals surface area contributed by atoms with Crippen molar-refractivity contribution in [2.75, 3.05) is 6.54 Å². The summed E-state index contributed by atoms with van der Waals surface area (Å²) < 4.78 is 1.73.